The monoisotopic (exact) mass is 428 g/mol. The van der Waals surface area contributed by atoms with Crippen molar-refractivity contribution in [3.8, 4) is 0 Å². The first-order chi connectivity index (χ1) is 14.6. The molecular weight excluding hydrogens is 400 g/mol. The molecule has 2 heterocycles. The number of halogens is 1. The minimum Gasteiger partial charge on any atom is -0.369 e. The second kappa shape index (κ2) is 10.8. The first-order valence-electron chi connectivity index (χ1n) is 10.2. The zero-order valence-electron chi connectivity index (χ0n) is 17.3. The molecule has 1 fully saturated rings. The van der Waals surface area contributed by atoms with Crippen molar-refractivity contribution in [2.75, 3.05) is 31.6 Å². The predicted octanol–water partition coefficient (Wildman–Crippen LogP) is 2.34. The largest absolute Gasteiger partial charge is 0.369 e. The predicted molar refractivity (Wildman–Crippen MR) is 122 cm³/mol. The highest BCUT2D eigenvalue weighted by molar-refractivity contribution is 6.31. The number of rotatable bonds is 7. The summed E-state index contributed by atoms with van der Waals surface area (Å²) in [7, 11) is 1.75. The van der Waals surface area contributed by atoms with Gasteiger partial charge in [0, 0.05) is 50.0 Å². The number of benzene rings is 1. The molecule has 1 unspecified atom stereocenters. The van der Waals surface area contributed by atoms with Crippen LogP contribution in [0.25, 0.3) is 0 Å². The van der Waals surface area contributed by atoms with Crippen molar-refractivity contribution < 1.29 is 4.79 Å². The standard InChI is InChI=1S/C22H29ClN6O/c1-25-22(27-12-10-16-6-2-3-9-19(16)23)28-14-17-7-4-11-26-21(17)29-13-5-8-18(15-29)20(24)30/h2-4,6-7,9,11,18H,5,8,10,12-15H2,1H3,(H2,24,30)(H2,25,27,28). The lowest BCUT2D eigenvalue weighted by Crippen LogP contribution is -2.42. The van der Waals surface area contributed by atoms with Crippen LogP contribution in [0.3, 0.4) is 0 Å². The van der Waals surface area contributed by atoms with Crippen molar-refractivity contribution in [2.24, 2.45) is 16.6 Å². The number of amides is 1. The third-order valence-corrected chi connectivity index (χ3v) is 5.67. The van der Waals surface area contributed by atoms with Gasteiger partial charge in [0.15, 0.2) is 5.96 Å². The summed E-state index contributed by atoms with van der Waals surface area (Å²) < 4.78 is 0. The Morgan fingerprint density at radius 1 is 1.27 bits per heavy atom. The van der Waals surface area contributed by atoms with Gasteiger partial charge in [-0.25, -0.2) is 4.98 Å². The fraction of sp³-hybridized carbons (Fsp3) is 0.409. The van der Waals surface area contributed by atoms with Gasteiger partial charge in [-0.15, -0.1) is 0 Å². The normalized spacial score (nSPS) is 16.9. The number of aromatic nitrogens is 1. The summed E-state index contributed by atoms with van der Waals surface area (Å²) in [5.74, 6) is 1.24. The molecule has 0 bridgehead atoms. The Kier molecular flexibility index (Phi) is 7.90. The molecule has 1 amide bonds. The van der Waals surface area contributed by atoms with Crippen LogP contribution < -0.4 is 21.3 Å². The Morgan fingerprint density at radius 2 is 2.07 bits per heavy atom. The van der Waals surface area contributed by atoms with Crippen LogP contribution in [-0.2, 0) is 17.8 Å². The Morgan fingerprint density at radius 3 is 2.83 bits per heavy atom. The van der Waals surface area contributed by atoms with E-state index in [0.29, 0.717) is 19.0 Å². The number of nitrogens with zero attached hydrogens (tertiary/aromatic N) is 3. The van der Waals surface area contributed by atoms with Crippen LogP contribution in [0.15, 0.2) is 47.6 Å². The van der Waals surface area contributed by atoms with E-state index in [-0.39, 0.29) is 11.8 Å². The highest BCUT2D eigenvalue weighted by Gasteiger charge is 2.25. The molecule has 160 valence electrons. The van der Waals surface area contributed by atoms with Crippen LogP contribution in [0, 0.1) is 5.92 Å². The average molecular weight is 429 g/mol. The van der Waals surface area contributed by atoms with E-state index in [9.17, 15) is 4.79 Å². The Balaban J connectivity index is 1.57. The van der Waals surface area contributed by atoms with Crippen molar-refractivity contribution in [1.29, 1.82) is 0 Å². The highest BCUT2D eigenvalue weighted by atomic mass is 35.5. The van der Waals surface area contributed by atoms with Gasteiger partial charge in [0.1, 0.15) is 5.82 Å². The zero-order chi connectivity index (χ0) is 21.3. The summed E-state index contributed by atoms with van der Waals surface area (Å²) in [5, 5.41) is 7.45. The van der Waals surface area contributed by atoms with Crippen LogP contribution in [0.1, 0.15) is 24.0 Å². The molecule has 2 aromatic rings. The SMILES string of the molecule is CN=C(NCCc1ccccc1Cl)NCc1cccnc1N1CCCC(C(N)=O)C1. The molecule has 0 radical (unpaired) electrons. The molecule has 1 saturated heterocycles. The molecule has 1 aliphatic heterocycles. The first kappa shape index (κ1) is 21.9. The van der Waals surface area contributed by atoms with Gasteiger partial charge in [0.2, 0.25) is 5.91 Å². The third-order valence-electron chi connectivity index (χ3n) is 5.31. The van der Waals surface area contributed by atoms with E-state index in [1.807, 2.05) is 36.4 Å². The van der Waals surface area contributed by atoms with Gasteiger partial charge in [-0.3, -0.25) is 9.79 Å². The van der Waals surface area contributed by atoms with Crippen molar-refractivity contribution >= 4 is 29.3 Å². The third kappa shape index (κ3) is 5.86. The van der Waals surface area contributed by atoms with Crippen molar-refractivity contribution in [2.45, 2.75) is 25.8 Å². The van der Waals surface area contributed by atoms with Gasteiger partial charge in [0.05, 0.1) is 5.92 Å². The topological polar surface area (TPSA) is 95.6 Å². The number of carbonyl (C=O) groups excluding carboxylic acids is 1. The van der Waals surface area contributed by atoms with E-state index >= 15 is 0 Å². The molecule has 30 heavy (non-hydrogen) atoms. The van der Waals surface area contributed by atoms with Crippen molar-refractivity contribution in [3.63, 3.8) is 0 Å². The van der Waals surface area contributed by atoms with Gasteiger partial charge in [-0.05, 0) is 37.0 Å². The molecule has 0 spiro atoms. The molecule has 1 aromatic heterocycles. The van der Waals surface area contributed by atoms with E-state index in [4.69, 9.17) is 17.3 Å². The maximum Gasteiger partial charge on any atom is 0.222 e. The second-order valence-corrected chi connectivity index (χ2v) is 7.77. The average Bonchev–Trinajstić information content (AvgIpc) is 2.77. The van der Waals surface area contributed by atoms with E-state index in [2.05, 4.69) is 25.5 Å². The smallest absolute Gasteiger partial charge is 0.222 e. The van der Waals surface area contributed by atoms with E-state index < -0.39 is 0 Å². The van der Waals surface area contributed by atoms with Gasteiger partial charge < -0.3 is 21.3 Å². The van der Waals surface area contributed by atoms with Crippen LogP contribution in [-0.4, -0.2) is 43.5 Å². The Bertz CT molecular complexity index is 887. The Labute approximate surface area is 182 Å². The lowest BCUT2D eigenvalue weighted by molar-refractivity contribution is -0.122. The molecule has 1 aliphatic rings. The number of nitrogens with two attached hydrogens (primary N) is 1. The van der Waals surface area contributed by atoms with Crippen LogP contribution in [0.5, 0.6) is 0 Å². The Hall–Kier alpha value is -2.80. The summed E-state index contributed by atoms with van der Waals surface area (Å²) in [6.45, 7) is 2.78. The summed E-state index contributed by atoms with van der Waals surface area (Å²) in [4.78, 5) is 22.7. The van der Waals surface area contributed by atoms with Crippen LogP contribution in [0.4, 0.5) is 5.82 Å². The minimum absolute atomic E-state index is 0.124. The summed E-state index contributed by atoms with van der Waals surface area (Å²) in [6.07, 6.45) is 4.36. The van der Waals surface area contributed by atoms with E-state index in [1.165, 1.54) is 0 Å². The quantitative estimate of drug-likeness (QED) is 0.464. The molecular formula is C22H29ClN6O. The van der Waals surface area contributed by atoms with E-state index in [0.717, 1.165) is 54.3 Å². The number of nitrogens with one attached hydrogen (secondary N) is 2. The number of aliphatic imine (C=N–C) groups is 1. The second-order valence-electron chi connectivity index (χ2n) is 7.37. The minimum atomic E-state index is -0.238. The number of hydrogen-bond acceptors (Lipinski definition) is 4. The van der Waals surface area contributed by atoms with Crippen molar-refractivity contribution in [1.82, 2.24) is 15.6 Å². The zero-order valence-corrected chi connectivity index (χ0v) is 18.0. The van der Waals surface area contributed by atoms with Crippen LogP contribution >= 0.6 is 11.6 Å². The van der Waals surface area contributed by atoms with Gasteiger partial charge >= 0.3 is 0 Å². The first-order valence-corrected chi connectivity index (χ1v) is 10.6. The van der Waals surface area contributed by atoms with Gasteiger partial charge in [0.25, 0.3) is 0 Å². The molecule has 8 heteroatoms. The summed E-state index contributed by atoms with van der Waals surface area (Å²) >= 11 is 6.22. The lowest BCUT2D eigenvalue weighted by atomic mass is 9.97. The molecule has 0 aliphatic carbocycles. The van der Waals surface area contributed by atoms with E-state index in [1.54, 1.807) is 13.2 Å². The summed E-state index contributed by atoms with van der Waals surface area (Å²) in [5.41, 5.74) is 7.68. The fourth-order valence-electron chi connectivity index (χ4n) is 3.67. The highest BCUT2D eigenvalue weighted by Crippen LogP contribution is 2.24. The molecule has 4 N–H and O–H groups in total. The maximum atomic E-state index is 11.6. The van der Waals surface area contributed by atoms with Gasteiger partial charge in [-0.2, -0.15) is 0 Å². The number of piperidine rings is 1. The van der Waals surface area contributed by atoms with Gasteiger partial charge in [-0.1, -0.05) is 35.9 Å². The van der Waals surface area contributed by atoms with Crippen LogP contribution in [0.2, 0.25) is 5.02 Å². The lowest BCUT2D eigenvalue weighted by Gasteiger charge is -2.33. The number of hydrogen-bond donors (Lipinski definition) is 3. The number of carbonyl (C=O) groups is 1. The summed E-state index contributed by atoms with van der Waals surface area (Å²) in [6, 6.07) is 11.8. The number of primary amides is 1. The number of guanidine groups is 1. The number of anilines is 1. The number of pyridine rings is 1. The maximum absolute atomic E-state index is 11.6. The molecule has 3 rings (SSSR count). The molecule has 1 atom stereocenters. The molecule has 1 aromatic carbocycles. The van der Waals surface area contributed by atoms with Crippen molar-refractivity contribution in [3.05, 3.63) is 58.7 Å². The molecule has 7 nitrogen and oxygen atoms in total. The fourth-order valence-corrected chi connectivity index (χ4v) is 3.90. The molecule has 0 saturated carbocycles.